The number of carbonyl (C=O) groups excluding carboxylic acids is 1. The van der Waals surface area contributed by atoms with E-state index in [4.69, 9.17) is 4.74 Å². The molecule has 1 amide bonds. The van der Waals surface area contributed by atoms with Crippen molar-refractivity contribution in [3.05, 3.63) is 0 Å². The Morgan fingerprint density at radius 1 is 1.21 bits per heavy atom. The van der Waals surface area contributed by atoms with Gasteiger partial charge in [0.15, 0.2) is 0 Å². The van der Waals surface area contributed by atoms with Crippen LogP contribution in [0.1, 0.15) is 27.7 Å². The zero-order valence-corrected chi connectivity index (χ0v) is 10.5. The molecule has 2 N–H and O–H groups in total. The first-order valence-electron chi connectivity index (χ1n) is 5.20. The van der Waals surface area contributed by atoms with Crippen LogP contribution in [0.3, 0.4) is 0 Å². The van der Waals surface area contributed by atoms with Crippen LogP contribution < -0.4 is 5.73 Å². The van der Waals surface area contributed by atoms with Gasteiger partial charge in [-0.15, -0.1) is 0 Å². The minimum absolute atomic E-state index is 0.0799. The number of ether oxygens (including phenoxy) is 1. The minimum atomic E-state index is 0.0799. The van der Waals surface area contributed by atoms with Crippen LogP contribution in [0.5, 0.6) is 0 Å². The first-order chi connectivity index (χ1) is 6.80. The van der Waals surface area contributed by atoms with E-state index in [1.807, 2.05) is 27.7 Å². The predicted molar refractivity (Wildman–Crippen MR) is 61.3 cm³/mol. The molecule has 1 aliphatic heterocycles. The van der Waals surface area contributed by atoms with Crippen molar-refractivity contribution in [3.8, 4) is 0 Å². The summed E-state index contributed by atoms with van der Waals surface area (Å²) in [5, 5.41) is 0. The van der Waals surface area contributed by atoms with Gasteiger partial charge in [-0.3, -0.25) is 4.79 Å². The van der Waals surface area contributed by atoms with Gasteiger partial charge < -0.3 is 15.4 Å². The van der Waals surface area contributed by atoms with Crippen molar-refractivity contribution in [1.82, 2.24) is 4.90 Å². The Balaban J connectivity index is -0.000000174. The lowest BCUT2D eigenvalue weighted by Gasteiger charge is -2.21. The lowest BCUT2D eigenvalue weighted by molar-refractivity contribution is -0.140. The highest BCUT2D eigenvalue weighted by atomic mass is 16.5. The Kier molecular flexibility index (Phi) is 24.8. The third-order valence-electron chi connectivity index (χ3n) is 1.22. The molecule has 0 aromatic carbocycles. The summed E-state index contributed by atoms with van der Waals surface area (Å²) in [6.07, 6.45) is 0. The maximum absolute atomic E-state index is 10.6. The van der Waals surface area contributed by atoms with Gasteiger partial charge >= 0.3 is 0 Å². The van der Waals surface area contributed by atoms with Crippen LogP contribution in [0.25, 0.3) is 0 Å². The molecule has 1 fully saturated rings. The number of likely N-dealkylation sites (N-methyl/N-ethyl adjacent to an activating group) is 1. The van der Waals surface area contributed by atoms with Crippen molar-refractivity contribution >= 4 is 5.91 Å². The number of morpholine rings is 1. The number of hydrogen-bond donors (Lipinski definition) is 1. The minimum Gasteiger partial charge on any atom is -0.370 e. The molecule has 0 aromatic heterocycles. The normalized spacial score (nSPS) is 13.6. The fourth-order valence-corrected chi connectivity index (χ4v) is 0.596. The quantitative estimate of drug-likeness (QED) is 0.646. The molecule has 4 heteroatoms. The van der Waals surface area contributed by atoms with Gasteiger partial charge in [-0.05, 0) is 7.05 Å². The SMILES string of the molecule is CC.CC.CN.CN1CCOCC1=O. The molecule has 0 aliphatic carbocycles. The van der Waals surface area contributed by atoms with E-state index in [0.29, 0.717) is 6.61 Å². The van der Waals surface area contributed by atoms with E-state index in [-0.39, 0.29) is 12.5 Å². The van der Waals surface area contributed by atoms with Gasteiger partial charge in [0, 0.05) is 13.6 Å². The van der Waals surface area contributed by atoms with Crippen LogP contribution in [0.4, 0.5) is 0 Å². The summed E-state index contributed by atoms with van der Waals surface area (Å²) in [4.78, 5) is 12.3. The van der Waals surface area contributed by atoms with Crippen LogP contribution >= 0.6 is 0 Å². The molecule has 14 heavy (non-hydrogen) atoms. The molecule has 0 unspecified atom stereocenters. The smallest absolute Gasteiger partial charge is 0.248 e. The Morgan fingerprint density at radius 3 is 1.86 bits per heavy atom. The molecule has 88 valence electrons. The van der Waals surface area contributed by atoms with Gasteiger partial charge in [0.2, 0.25) is 5.91 Å². The van der Waals surface area contributed by atoms with Gasteiger partial charge in [-0.25, -0.2) is 0 Å². The monoisotopic (exact) mass is 206 g/mol. The Labute approximate surface area is 88.4 Å². The molecule has 0 bridgehead atoms. The average Bonchev–Trinajstić information content (AvgIpc) is 2.31. The van der Waals surface area contributed by atoms with Crippen molar-refractivity contribution in [3.63, 3.8) is 0 Å². The molecule has 0 saturated carbocycles. The molecule has 1 aliphatic rings. The highest BCUT2D eigenvalue weighted by Gasteiger charge is 2.12. The van der Waals surface area contributed by atoms with E-state index < -0.39 is 0 Å². The Morgan fingerprint density at radius 2 is 1.64 bits per heavy atom. The summed E-state index contributed by atoms with van der Waals surface area (Å²) in [5.41, 5.74) is 4.50. The number of carbonyl (C=O) groups is 1. The highest BCUT2D eigenvalue weighted by Crippen LogP contribution is 1.92. The number of hydrogen-bond acceptors (Lipinski definition) is 3. The molecular formula is C10H26N2O2. The fourth-order valence-electron chi connectivity index (χ4n) is 0.596. The number of nitrogens with zero attached hydrogens (tertiary/aromatic N) is 1. The molecule has 1 heterocycles. The molecule has 0 radical (unpaired) electrons. The summed E-state index contributed by atoms with van der Waals surface area (Å²) in [7, 11) is 3.28. The number of amides is 1. The predicted octanol–water partition coefficient (Wildman–Crippen LogP) is 1.10. The topological polar surface area (TPSA) is 55.6 Å². The summed E-state index contributed by atoms with van der Waals surface area (Å²) >= 11 is 0. The van der Waals surface area contributed by atoms with Crippen molar-refractivity contribution in [2.75, 3.05) is 33.9 Å². The van der Waals surface area contributed by atoms with Gasteiger partial charge in [0.05, 0.1) is 6.61 Å². The van der Waals surface area contributed by atoms with Gasteiger partial charge in [-0.1, -0.05) is 27.7 Å². The van der Waals surface area contributed by atoms with E-state index in [1.54, 1.807) is 11.9 Å². The third-order valence-corrected chi connectivity index (χ3v) is 1.22. The molecule has 0 atom stereocenters. The Hall–Kier alpha value is -0.610. The molecule has 4 nitrogen and oxygen atoms in total. The molecule has 0 aromatic rings. The maximum Gasteiger partial charge on any atom is 0.248 e. The van der Waals surface area contributed by atoms with E-state index >= 15 is 0 Å². The van der Waals surface area contributed by atoms with E-state index in [0.717, 1.165) is 6.54 Å². The van der Waals surface area contributed by atoms with E-state index in [2.05, 4.69) is 5.73 Å². The molecular weight excluding hydrogens is 180 g/mol. The third kappa shape index (κ3) is 11.4. The van der Waals surface area contributed by atoms with E-state index in [1.165, 1.54) is 7.05 Å². The van der Waals surface area contributed by atoms with Gasteiger partial charge in [0.1, 0.15) is 6.61 Å². The van der Waals surface area contributed by atoms with Crippen molar-refractivity contribution in [1.29, 1.82) is 0 Å². The van der Waals surface area contributed by atoms with Crippen LogP contribution in [-0.4, -0.2) is 44.7 Å². The van der Waals surface area contributed by atoms with Gasteiger partial charge in [0.25, 0.3) is 0 Å². The van der Waals surface area contributed by atoms with Crippen LogP contribution in [0, 0.1) is 0 Å². The standard InChI is InChI=1S/C5H9NO2.2C2H6.CH5N/c1-6-2-3-8-4-5(6)7;3*1-2/h2-4H2,1H3;2*1-2H3;2H2,1H3. The second-order valence-electron chi connectivity index (χ2n) is 1.87. The summed E-state index contributed by atoms with van der Waals surface area (Å²) in [6.45, 7) is 9.68. The Bertz CT molecular complexity index is 108. The first kappa shape index (κ1) is 19.0. The molecule has 1 saturated heterocycles. The second-order valence-corrected chi connectivity index (χ2v) is 1.87. The number of nitrogens with two attached hydrogens (primary N) is 1. The largest absolute Gasteiger partial charge is 0.370 e. The average molecular weight is 206 g/mol. The second kappa shape index (κ2) is 18.2. The summed E-state index contributed by atoms with van der Waals surface area (Å²) in [6, 6.07) is 0. The molecule has 1 rings (SSSR count). The van der Waals surface area contributed by atoms with Crippen molar-refractivity contribution in [2.24, 2.45) is 5.73 Å². The number of rotatable bonds is 0. The van der Waals surface area contributed by atoms with Crippen molar-refractivity contribution < 1.29 is 9.53 Å². The van der Waals surface area contributed by atoms with Crippen molar-refractivity contribution in [2.45, 2.75) is 27.7 Å². The fraction of sp³-hybridized carbons (Fsp3) is 0.900. The lowest BCUT2D eigenvalue weighted by Crippen LogP contribution is -2.38. The molecule has 0 spiro atoms. The maximum atomic E-state index is 10.6. The summed E-state index contributed by atoms with van der Waals surface area (Å²) in [5.74, 6) is 0.0799. The van der Waals surface area contributed by atoms with Crippen LogP contribution in [0.15, 0.2) is 0 Å². The van der Waals surface area contributed by atoms with Crippen LogP contribution in [-0.2, 0) is 9.53 Å². The van der Waals surface area contributed by atoms with Crippen LogP contribution in [0.2, 0.25) is 0 Å². The highest BCUT2D eigenvalue weighted by molar-refractivity contribution is 5.77. The zero-order chi connectivity index (χ0) is 12.0. The van der Waals surface area contributed by atoms with Gasteiger partial charge in [-0.2, -0.15) is 0 Å². The summed E-state index contributed by atoms with van der Waals surface area (Å²) < 4.78 is 4.86. The van der Waals surface area contributed by atoms with E-state index in [9.17, 15) is 4.79 Å². The first-order valence-corrected chi connectivity index (χ1v) is 5.20. The zero-order valence-electron chi connectivity index (χ0n) is 10.5. The lowest BCUT2D eigenvalue weighted by atomic mass is 10.4.